The average molecular weight is 245 g/mol. The van der Waals surface area contributed by atoms with Crippen molar-refractivity contribution in [1.82, 2.24) is 5.32 Å². The van der Waals surface area contributed by atoms with Crippen LogP contribution in [0.4, 0.5) is 0 Å². The summed E-state index contributed by atoms with van der Waals surface area (Å²) in [5, 5.41) is 3.60. The van der Waals surface area contributed by atoms with E-state index in [0.29, 0.717) is 12.0 Å². The molecule has 0 aliphatic heterocycles. The van der Waals surface area contributed by atoms with E-state index in [1.165, 1.54) is 12.8 Å². The molecule has 0 bridgehead atoms. The van der Waals surface area contributed by atoms with Gasteiger partial charge in [0.05, 0.1) is 0 Å². The van der Waals surface area contributed by atoms with Crippen LogP contribution in [0.2, 0.25) is 0 Å². The first kappa shape index (κ1) is 16.9. The van der Waals surface area contributed by atoms with E-state index >= 15 is 0 Å². The van der Waals surface area contributed by atoms with E-state index in [1.54, 1.807) is 7.11 Å². The first-order valence-corrected chi connectivity index (χ1v) is 7.02. The molecule has 0 aromatic carbocycles. The molecule has 104 valence electrons. The van der Waals surface area contributed by atoms with Gasteiger partial charge in [-0.25, -0.2) is 0 Å². The van der Waals surface area contributed by atoms with Crippen LogP contribution in [0.3, 0.4) is 0 Å². The van der Waals surface area contributed by atoms with Crippen LogP contribution in [-0.4, -0.2) is 39.5 Å². The number of rotatable bonds is 12. The Kier molecular flexibility index (Phi) is 12.3. The van der Waals surface area contributed by atoms with Crippen molar-refractivity contribution in [3.8, 4) is 0 Å². The van der Waals surface area contributed by atoms with Gasteiger partial charge in [-0.15, -0.1) is 0 Å². The smallest absolute Gasteiger partial charge is 0.0487 e. The Labute approximate surface area is 107 Å². The zero-order valence-electron chi connectivity index (χ0n) is 12.1. The van der Waals surface area contributed by atoms with Gasteiger partial charge in [0.2, 0.25) is 0 Å². The van der Waals surface area contributed by atoms with Gasteiger partial charge in [-0.05, 0) is 38.1 Å². The van der Waals surface area contributed by atoms with Gasteiger partial charge in [0.1, 0.15) is 0 Å². The predicted octanol–water partition coefficient (Wildman–Crippen LogP) is 2.84. The molecule has 0 rings (SSSR count). The summed E-state index contributed by atoms with van der Waals surface area (Å²) in [6, 6.07) is 0.637. The number of ether oxygens (including phenoxy) is 2. The predicted molar refractivity (Wildman–Crippen MR) is 73.5 cm³/mol. The quantitative estimate of drug-likeness (QED) is 0.536. The summed E-state index contributed by atoms with van der Waals surface area (Å²) in [5.41, 5.74) is 0. The van der Waals surface area contributed by atoms with Crippen molar-refractivity contribution in [3.63, 3.8) is 0 Å². The maximum Gasteiger partial charge on any atom is 0.0487 e. The summed E-state index contributed by atoms with van der Waals surface area (Å²) in [6.45, 7) is 10.4. The molecule has 0 saturated carbocycles. The standard InChI is InChI=1S/C14H31NO2/c1-5-9-15-14(13(2)3)8-6-11-17-12-7-10-16-4/h13-15H,5-12H2,1-4H3. The molecular formula is C14H31NO2. The topological polar surface area (TPSA) is 30.5 Å². The maximum absolute atomic E-state index is 5.56. The molecule has 0 aromatic heterocycles. The molecule has 0 spiro atoms. The monoisotopic (exact) mass is 245 g/mol. The van der Waals surface area contributed by atoms with Crippen LogP contribution in [-0.2, 0) is 9.47 Å². The largest absolute Gasteiger partial charge is 0.385 e. The van der Waals surface area contributed by atoms with E-state index in [4.69, 9.17) is 9.47 Å². The van der Waals surface area contributed by atoms with Gasteiger partial charge < -0.3 is 14.8 Å². The van der Waals surface area contributed by atoms with Gasteiger partial charge in [0.15, 0.2) is 0 Å². The summed E-state index contributed by atoms with van der Waals surface area (Å²) in [7, 11) is 1.73. The summed E-state index contributed by atoms with van der Waals surface area (Å²) in [6.07, 6.45) is 4.56. The molecule has 0 aromatic rings. The molecule has 0 aliphatic carbocycles. The lowest BCUT2D eigenvalue weighted by molar-refractivity contribution is 0.0981. The molecule has 0 amide bonds. The highest BCUT2D eigenvalue weighted by atomic mass is 16.5. The Morgan fingerprint density at radius 1 is 1.06 bits per heavy atom. The van der Waals surface area contributed by atoms with E-state index in [9.17, 15) is 0 Å². The van der Waals surface area contributed by atoms with Crippen molar-refractivity contribution < 1.29 is 9.47 Å². The van der Waals surface area contributed by atoms with Gasteiger partial charge in [0, 0.05) is 33.0 Å². The Morgan fingerprint density at radius 3 is 2.35 bits per heavy atom. The first-order valence-electron chi connectivity index (χ1n) is 7.02. The van der Waals surface area contributed by atoms with Crippen LogP contribution in [0.1, 0.15) is 46.5 Å². The molecule has 17 heavy (non-hydrogen) atoms. The molecule has 1 N–H and O–H groups in total. The zero-order valence-corrected chi connectivity index (χ0v) is 12.1. The molecule has 3 heteroatoms. The fourth-order valence-corrected chi connectivity index (χ4v) is 1.81. The van der Waals surface area contributed by atoms with E-state index in [1.807, 2.05) is 0 Å². The third kappa shape index (κ3) is 10.7. The minimum atomic E-state index is 0.637. The molecule has 1 unspecified atom stereocenters. The van der Waals surface area contributed by atoms with Gasteiger partial charge in [-0.1, -0.05) is 20.8 Å². The second-order valence-corrected chi connectivity index (χ2v) is 4.91. The Balaban J connectivity index is 3.41. The maximum atomic E-state index is 5.56. The zero-order chi connectivity index (χ0) is 12.9. The Morgan fingerprint density at radius 2 is 1.76 bits per heavy atom. The van der Waals surface area contributed by atoms with Crippen molar-refractivity contribution in [3.05, 3.63) is 0 Å². The molecule has 0 aliphatic rings. The second-order valence-electron chi connectivity index (χ2n) is 4.91. The van der Waals surface area contributed by atoms with Crippen LogP contribution in [0.5, 0.6) is 0 Å². The molecular weight excluding hydrogens is 214 g/mol. The molecule has 1 atom stereocenters. The third-order valence-corrected chi connectivity index (χ3v) is 2.90. The SMILES string of the molecule is CCCNC(CCCOCCCOC)C(C)C. The lowest BCUT2D eigenvalue weighted by Gasteiger charge is -2.22. The van der Waals surface area contributed by atoms with Gasteiger partial charge in [-0.2, -0.15) is 0 Å². The van der Waals surface area contributed by atoms with Crippen LogP contribution < -0.4 is 5.32 Å². The molecule has 0 radical (unpaired) electrons. The summed E-state index contributed by atoms with van der Waals surface area (Å²) in [5.74, 6) is 0.704. The number of methoxy groups -OCH3 is 1. The normalized spacial score (nSPS) is 13.2. The van der Waals surface area contributed by atoms with Crippen molar-refractivity contribution in [1.29, 1.82) is 0 Å². The van der Waals surface area contributed by atoms with Crippen LogP contribution in [0.15, 0.2) is 0 Å². The van der Waals surface area contributed by atoms with Crippen LogP contribution >= 0.6 is 0 Å². The third-order valence-electron chi connectivity index (χ3n) is 2.90. The lowest BCUT2D eigenvalue weighted by Crippen LogP contribution is -2.34. The van der Waals surface area contributed by atoms with Crippen molar-refractivity contribution in [2.75, 3.05) is 33.5 Å². The summed E-state index contributed by atoms with van der Waals surface area (Å²) < 4.78 is 10.5. The fraction of sp³-hybridized carbons (Fsp3) is 1.00. The Hall–Kier alpha value is -0.120. The first-order chi connectivity index (χ1) is 8.22. The van der Waals surface area contributed by atoms with Gasteiger partial charge >= 0.3 is 0 Å². The van der Waals surface area contributed by atoms with E-state index < -0.39 is 0 Å². The van der Waals surface area contributed by atoms with Gasteiger partial charge in [0.25, 0.3) is 0 Å². The van der Waals surface area contributed by atoms with Crippen molar-refractivity contribution >= 4 is 0 Å². The number of hydrogen-bond donors (Lipinski definition) is 1. The molecule has 0 fully saturated rings. The molecule has 3 nitrogen and oxygen atoms in total. The summed E-state index contributed by atoms with van der Waals surface area (Å²) in [4.78, 5) is 0. The minimum Gasteiger partial charge on any atom is -0.385 e. The van der Waals surface area contributed by atoms with E-state index in [2.05, 4.69) is 26.1 Å². The van der Waals surface area contributed by atoms with Crippen LogP contribution in [0, 0.1) is 5.92 Å². The number of hydrogen-bond acceptors (Lipinski definition) is 3. The minimum absolute atomic E-state index is 0.637. The van der Waals surface area contributed by atoms with E-state index in [-0.39, 0.29) is 0 Å². The lowest BCUT2D eigenvalue weighted by atomic mass is 9.99. The van der Waals surface area contributed by atoms with Gasteiger partial charge in [-0.3, -0.25) is 0 Å². The average Bonchev–Trinajstić information content (AvgIpc) is 2.31. The summed E-state index contributed by atoms with van der Waals surface area (Å²) >= 11 is 0. The molecule has 0 heterocycles. The Bertz CT molecular complexity index is 151. The molecule has 0 saturated heterocycles. The highest BCUT2D eigenvalue weighted by Crippen LogP contribution is 2.08. The van der Waals surface area contributed by atoms with Crippen molar-refractivity contribution in [2.45, 2.75) is 52.5 Å². The number of nitrogens with one attached hydrogen (secondary N) is 1. The highest BCUT2D eigenvalue weighted by Gasteiger charge is 2.11. The fourth-order valence-electron chi connectivity index (χ4n) is 1.81. The van der Waals surface area contributed by atoms with Crippen LogP contribution in [0.25, 0.3) is 0 Å². The highest BCUT2D eigenvalue weighted by molar-refractivity contribution is 4.69. The van der Waals surface area contributed by atoms with Crippen molar-refractivity contribution in [2.24, 2.45) is 5.92 Å². The van der Waals surface area contributed by atoms with E-state index in [0.717, 1.165) is 39.2 Å². The second kappa shape index (κ2) is 12.3.